The molecule has 0 radical (unpaired) electrons. The predicted molar refractivity (Wildman–Crippen MR) is 92.5 cm³/mol. The Morgan fingerprint density at radius 2 is 1.88 bits per heavy atom. The smallest absolute Gasteiger partial charge is 0.188 e. The van der Waals surface area contributed by atoms with Crippen LogP contribution in [-0.2, 0) is 0 Å². The van der Waals surface area contributed by atoms with E-state index in [2.05, 4.69) is 39.4 Å². The van der Waals surface area contributed by atoms with Crippen LogP contribution in [0.3, 0.4) is 0 Å². The van der Waals surface area contributed by atoms with Gasteiger partial charge in [0, 0.05) is 13.1 Å². The number of nitrogens with zero attached hydrogens (tertiary/aromatic N) is 5. The Hall–Kier alpha value is -2.54. The summed E-state index contributed by atoms with van der Waals surface area (Å²) in [6.07, 6.45) is 0. The lowest BCUT2D eigenvalue weighted by atomic mass is 10.2. The molecule has 3 aromatic rings. The van der Waals surface area contributed by atoms with Crippen LogP contribution in [0.5, 0.6) is 0 Å². The van der Waals surface area contributed by atoms with Crippen molar-refractivity contribution in [1.29, 1.82) is 0 Å². The molecule has 0 atom stereocenters. The number of halogens is 1. The molecule has 0 saturated heterocycles. The average molecular weight is 328 g/mol. The van der Waals surface area contributed by atoms with Gasteiger partial charge in [-0.3, -0.25) is 0 Å². The molecule has 0 aliphatic heterocycles. The molecule has 0 amide bonds. The van der Waals surface area contributed by atoms with Crippen molar-refractivity contribution in [3.8, 4) is 11.4 Å². The van der Waals surface area contributed by atoms with Gasteiger partial charge in [0.1, 0.15) is 11.6 Å². The molecule has 2 heterocycles. The van der Waals surface area contributed by atoms with E-state index in [0.29, 0.717) is 22.9 Å². The van der Waals surface area contributed by atoms with E-state index in [1.165, 1.54) is 6.07 Å². The summed E-state index contributed by atoms with van der Waals surface area (Å²) in [6.45, 7) is 8.06. The minimum absolute atomic E-state index is 0.339. The van der Waals surface area contributed by atoms with Crippen LogP contribution in [-0.4, -0.2) is 50.9 Å². The van der Waals surface area contributed by atoms with Gasteiger partial charge in [-0.25, -0.2) is 4.39 Å². The normalized spacial score (nSPS) is 11.3. The van der Waals surface area contributed by atoms with Crippen molar-refractivity contribution in [2.75, 3.05) is 31.5 Å². The van der Waals surface area contributed by atoms with E-state index in [1.807, 2.05) is 12.1 Å². The molecule has 1 aromatic carbocycles. The standard InChI is InChI=1S/C17H21FN6/c1-3-23(4-2)12-11-19-15-9-10-16-20-21-17(24(16)22-15)13-7-5-6-8-14(13)18/h5-10H,3-4,11-12H2,1-2H3,(H,19,22). The van der Waals surface area contributed by atoms with E-state index in [4.69, 9.17) is 0 Å². The molecule has 24 heavy (non-hydrogen) atoms. The molecule has 3 rings (SSSR count). The van der Waals surface area contributed by atoms with Crippen LogP contribution in [0.25, 0.3) is 17.0 Å². The van der Waals surface area contributed by atoms with E-state index in [-0.39, 0.29) is 5.82 Å². The van der Waals surface area contributed by atoms with E-state index in [0.717, 1.165) is 26.2 Å². The van der Waals surface area contributed by atoms with E-state index < -0.39 is 0 Å². The Kier molecular flexibility index (Phi) is 5.00. The first-order valence-electron chi connectivity index (χ1n) is 8.16. The Balaban J connectivity index is 1.83. The monoisotopic (exact) mass is 328 g/mol. The molecule has 0 unspecified atom stereocenters. The molecule has 0 bridgehead atoms. The summed E-state index contributed by atoms with van der Waals surface area (Å²) in [5, 5.41) is 15.9. The van der Waals surface area contributed by atoms with Crippen molar-refractivity contribution in [2.45, 2.75) is 13.8 Å². The number of nitrogens with one attached hydrogen (secondary N) is 1. The maximum atomic E-state index is 14.0. The lowest BCUT2D eigenvalue weighted by Gasteiger charge is -2.18. The van der Waals surface area contributed by atoms with Crippen molar-refractivity contribution in [1.82, 2.24) is 24.7 Å². The Morgan fingerprint density at radius 3 is 2.62 bits per heavy atom. The van der Waals surface area contributed by atoms with Crippen LogP contribution in [0.4, 0.5) is 10.2 Å². The van der Waals surface area contributed by atoms with Crippen molar-refractivity contribution in [3.63, 3.8) is 0 Å². The summed E-state index contributed by atoms with van der Waals surface area (Å²) in [7, 11) is 0. The minimum atomic E-state index is -0.339. The van der Waals surface area contributed by atoms with Gasteiger partial charge in [0.25, 0.3) is 0 Å². The first kappa shape index (κ1) is 16.3. The second-order valence-electron chi connectivity index (χ2n) is 5.45. The highest BCUT2D eigenvalue weighted by atomic mass is 19.1. The number of rotatable bonds is 7. The van der Waals surface area contributed by atoms with Gasteiger partial charge in [0.05, 0.1) is 5.56 Å². The fourth-order valence-corrected chi connectivity index (χ4v) is 2.58. The van der Waals surface area contributed by atoms with Gasteiger partial charge in [-0.2, -0.15) is 4.52 Å². The summed E-state index contributed by atoms with van der Waals surface area (Å²) in [4.78, 5) is 2.33. The molecular formula is C17H21FN6. The maximum absolute atomic E-state index is 14.0. The molecule has 0 aliphatic carbocycles. The SMILES string of the molecule is CCN(CC)CCNc1ccc2nnc(-c3ccccc3F)n2n1. The van der Waals surface area contributed by atoms with E-state index in [9.17, 15) is 4.39 Å². The van der Waals surface area contributed by atoms with Crippen LogP contribution < -0.4 is 5.32 Å². The second-order valence-corrected chi connectivity index (χ2v) is 5.45. The fourth-order valence-electron chi connectivity index (χ4n) is 2.58. The summed E-state index contributed by atoms with van der Waals surface area (Å²) in [5.41, 5.74) is 0.973. The average Bonchev–Trinajstić information content (AvgIpc) is 3.02. The molecule has 0 aliphatic rings. The minimum Gasteiger partial charge on any atom is -0.367 e. The number of benzene rings is 1. The second kappa shape index (κ2) is 7.35. The number of hydrogen-bond donors (Lipinski definition) is 1. The molecule has 6 nitrogen and oxygen atoms in total. The fraction of sp³-hybridized carbons (Fsp3) is 0.353. The van der Waals surface area contributed by atoms with Crippen LogP contribution in [0, 0.1) is 5.82 Å². The number of aromatic nitrogens is 4. The highest BCUT2D eigenvalue weighted by Gasteiger charge is 2.13. The molecule has 0 saturated carbocycles. The summed E-state index contributed by atoms with van der Waals surface area (Å²) in [6, 6.07) is 10.2. The van der Waals surface area contributed by atoms with Gasteiger partial charge in [0.15, 0.2) is 11.5 Å². The quantitative estimate of drug-likeness (QED) is 0.722. The van der Waals surface area contributed by atoms with Gasteiger partial charge in [0.2, 0.25) is 0 Å². The molecular weight excluding hydrogens is 307 g/mol. The zero-order valence-corrected chi connectivity index (χ0v) is 13.9. The van der Waals surface area contributed by atoms with Crippen molar-refractivity contribution < 1.29 is 4.39 Å². The largest absolute Gasteiger partial charge is 0.367 e. The topological polar surface area (TPSA) is 58.3 Å². The molecule has 2 aromatic heterocycles. The zero-order chi connectivity index (χ0) is 16.9. The third-order valence-corrected chi connectivity index (χ3v) is 4.01. The Bertz CT molecular complexity index is 812. The maximum Gasteiger partial charge on any atom is 0.188 e. The number of likely N-dealkylation sites (N-methyl/N-ethyl adjacent to an activating group) is 1. The summed E-state index contributed by atoms with van der Waals surface area (Å²) in [5.74, 6) is 0.774. The van der Waals surface area contributed by atoms with E-state index in [1.54, 1.807) is 22.7 Å². The Morgan fingerprint density at radius 1 is 1.08 bits per heavy atom. The first-order chi connectivity index (χ1) is 11.7. The van der Waals surface area contributed by atoms with Gasteiger partial charge >= 0.3 is 0 Å². The summed E-state index contributed by atoms with van der Waals surface area (Å²) < 4.78 is 15.6. The molecule has 0 spiro atoms. The number of anilines is 1. The zero-order valence-electron chi connectivity index (χ0n) is 13.9. The number of hydrogen-bond acceptors (Lipinski definition) is 5. The molecule has 126 valence electrons. The Labute approximate surface area is 140 Å². The van der Waals surface area contributed by atoms with Crippen molar-refractivity contribution in [3.05, 3.63) is 42.2 Å². The van der Waals surface area contributed by atoms with Crippen LogP contribution in [0.2, 0.25) is 0 Å². The lowest BCUT2D eigenvalue weighted by molar-refractivity contribution is 0.316. The van der Waals surface area contributed by atoms with Gasteiger partial charge in [-0.15, -0.1) is 15.3 Å². The predicted octanol–water partition coefficient (Wildman–Crippen LogP) is 2.68. The van der Waals surface area contributed by atoms with Crippen molar-refractivity contribution >= 4 is 11.5 Å². The van der Waals surface area contributed by atoms with Crippen molar-refractivity contribution in [2.24, 2.45) is 0 Å². The molecule has 7 heteroatoms. The first-order valence-corrected chi connectivity index (χ1v) is 8.16. The summed E-state index contributed by atoms with van der Waals surface area (Å²) >= 11 is 0. The van der Waals surface area contributed by atoms with Gasteiger partial charge < -0.3 is 10.2 Å². The van der Waals surface area contributed by atoms with E-state index >= 15 is 0 Å². The van der Waals surface area contributed by atoms with Gasteiger partial charge in [-0.05, 0) is 37.4 Å². The lowest BCUT2D eigenvalue weighted by Crippen LogP contribution is -2.28. The van der Waals surface area contributed by atoms with Crippen LogP contribution in [0.1, 0.15) is 13.8 Å². The van der Waals surface area contributed by atoms with Crippen LogP contribution in [0.15, 0.2) is 36.4 Å². The van der Waals surface area contributed by atoms with Crippen LogP contribution >= 0.6 is 0 Å². The van der Waals surface area contributed by atoms with Gasteiger partial charge in [-0.1, -0.05) is 26.0 Å². The molecule has 0 fully saturated rings. The molecule has 1 N–H and O–H groups in total. The highest BCUT2D eigenvalue weighted by Crippen LogP contribution is 2.21. The third-order valence-electron chi connectivity index (χ3n) is 4.01. The third kappa shape index (κ3) is 3.35. The number of fused-ring (bicyclic) bond motifs is 1. The highest BCUT2D eigenvalue weighted by molar-refractivity contribution is 5.60.